The second-order valence-corrected chi connectivity index (χ2v) is 4.79. The number of carbonyl (C=O) groups is 1. The van der Waals surface area contributed by atoms with E-state index in [0.717, 1.165) is 10.9 Å². The number of rotatable bonds is 5. The van der Waals surface area contributed by atoms with Gasteiger partial charge in [-0.05, 0) is 12.0 Å². The van der Waals surface area contributed by atoms with Crippen LogP contribution in [0.5, 0.6) is 0 Å². The zero-order valence-corrected chi connectivity index (χ0v) is 11.1. The Labute approximate surface area is 111 Å². The highest BCUT2D eigenvalue weighted by molar-refractivity contribution is 5.98. The van der Waals surface area contributed by atoms with Crippen molar-refractivity contribution in [2.75, 3.05) is 6.61 Å². The zero-order valence-electron chi connectivity index (χ0n) is 11.1. The largest absolute Gasteiger partial charge is 0.450 e. The van der Waals surface area contributed by atoms with E-state index in [4.69, 9.17) is 15.0 Å². The second kappa shape index (κ2) is 5.86. The van der Waals surface area contributed by atoms with Crippen molar-refractivity contribution in [3.05, 3.63) is 35.6 Å². The summed E-state index contributed by atoms with van der Waals surface area (Å²) in [5.74, 6) is 5.38. The molecule has 5 heteroatoms. The number of hydrazine groups is 1. The Hall–Kier alpha value is -1.85. The van der Waals surface area contributed by atoms with Crippen molar-refractivity contribution in [3.8, 4) is 0 Å². The summed E-state index contributed by atoms with van der Waals surface area (Å²) in [4.78, 5) is 11.7. The van der Waals surface area contributed by atoms with Gasteiger partial charge in [0.05, 0.1) is 6.61 Å². The van der Waals surface area contributed by atoms with Crippen LogP contribution in [0.1, 0.15) is 30.0 Å². The van der Waals surface area contributed by atoms with E-state index in [1.807, 2.05) is 24.3 Å². The Morgan fingerprint density at radius 1 is 1.42 bits per heavy atom. The smallest absolute Gasteiger partial charge is 0.301 e. The number of fused-ring (bicyclic) bond motifs is 1. The minimum absolute atomic E-state index is 0.215. The third kappa shape index (κ3) is 2.94. The molecule has 5 nitrogen and oxygen atoms in total. The summed E-state index contributed by atoms with van der Waals surface area (Å²) in [6, 6.07) is 7.47. The third-order valence-electron chi connectivity index (χ3n) is 2.73. The molecule has 0 bridgehead atoms. The van der Waals surface area contributed by atoms with Gasteiger partial charge in [0, 0.05) is 17.6 Å². The lowest BCUT2D eigenvalue weighted by atomic mass is 10.1. The van der Waals surface area contributed by atoms with Crippen LogP contribution in [0.15, 0.2) is 28.7 Å². The van der Waals surface area contributed by atoms with Crippen molar-refractivity contribution < 1.29 is 13.9 Å². The average Bonchev–Trinajstić information content (AvgIpc) is 2.77. The van der Waals surface area contributed by atoms with E-state index in [2.05, 4.69) is 19.3 Å². The maximum absolute atomic E-state index is 11.7. The molecule has 0 aliphatic carbocycles. The molecule has 2 aromatic rings. The summed E-state index contributed by atoms with van der Waals surface area (Å²) >= 11 is 0. The molecule has 1 aromatic carbocycles. The van der Waals surface area contributed by atoms with Gasteiger partial charge in [-0.1, -0.05) is 32.0 Å². The van der Waals surface area contributed by atoms with Crippen LogP contribution in [0.2, 0.25) is 0 Å². The van der Waals surface area contributed by atoms with Crippen LogP contribution in [0.3, 0.4) is 0 Å². The molecule has 0 saturated carbocycles. The molecule has 102 valence electrons. The summed E-state index contributed by atoms with van der Waals surface area (Å²) in [7, 11) is 0. The summed E-state index contributed by atoms with van der Waals surface area (Å²) < 4.78 is 11.1. The van der Waals surface area contributed by atoms with Crippen LogP contribution < -0.4 is 11.3 Å². The first-order chi connectivity index (χ1) is 9.13. The molecule has 0 atom stereocenters. The number of benzene rings is 1. The van der Waals surface area contributed by atoms with E-state index in [9.17, 15) is 4.79 Å². The molecule has 19 heavy (non-hydrogen) atoms. The van der Waals surface area contributed by atoms with Gasteiger partial charge in [-0.3, -0.25) is 10.2 Å². The molecule has 1 heterocycles. The number of hydrogen-bond donors (Lipinski definition) is 2. The molecule has 0 radical (unpaired) electrons. The molecule has 0 aliphatic heterocycles. The summed E-state index contributed by atoms with van der Waals surface area (Å²) in [6.45, 7) is 5.10. The first-order valence-corrected chi connectivity index (χ1v) is 6.22. The van der Waals surface area contributed by atoms with E-state index < -0.39 is 5.91 Å². The van der Waals surface area contributed by atoms with E-state index in [0.29, 0.717) is 24.7 Å². The van der Waals surface area contributed by atoms with Crippen molar-refractivity contribution in [2.45, 2.75) is 20.5 Å². The fraction of sp³-hybridized carbons (Fsp3) is 0.357. The number of carbonyl (C=O) groups excluding carboxylic acids is 1. The molecule has 1 amide bonds. The summed E-state index contributed by atoms with van der Waals surface area (Å²) in [5.41, 5.74) is 3.49. The number of para-hydroxylation sites is 1. The first-order valence-electron chi connectivity index (χ1n) is 6.22. The van der Waals surface area contributed by atoms with Crippen molar-refractivity contribution >= 4 is 16.9 Å². The fourth-order valence-corrected chi connectivity index (χ4v) is 1.89. The van der Waals surface area contributed by atoms with Gasteiger partial charge in [-0.2, -0.15) is 0 Å². The third-order valence-corrected chi connectivity index (χ3v) is 2.73. The van der Waals surface area contributed by atoms with Gasteiger partial charge in [0.1, 0.15) is 5.58 Å². The van der Waals surface area contributed by atoms with E-state index in [-0.39, 0.29) is 5.76 Å². The van der Waals surface area contributed by atoms with Crippen LogP contribution >= 0.6 is 0 Å². The SMILES string of the molecule is CC(C)COCc1c(C(=O)NN)oc2ccccc12. The van der Waals surface area contributed by atoms with Gasteiger partial charge in [0.15, 0.2) is 5.76 Å². The highest BCUT2D eigenvalue weighted by atomic mass is 16.5. The van der Waals surface area contributed by atoms with Crippen LogP contribution in [-0.4, -0.2) is 12.5 Å². The number of nitrogens with two attached hydrogens (primary N) is 1. The molecule has 0 fully saturated rings. The Balaban J connectivity index is 2.34. The van der Waals surface area contributed by atoms with Crippen LogP contribution in [0, 0.1) is 5.92 Å². The van der Waals surface area contributed by atoms with Gasteiger partial charge in [-0.15, -0.1) is 0 Å². The maximum Gasteiger partial charge on any atom is 0.301 e. The zero-order chi connectivity index (χ0) is 13.8. The summed E-state index contributed by atoms with van der Waals surface area (Å²) in [5, 5.41) is 0.879. The van der Waals surface area contributed by atoms with Crippen LogP contribution in [0.25, 0.3) is 11.0 Å². The predicted octanol–water partition coefficient (Wildman–Crippen LogP) is 2.21. The van der Waals surface area contributed by atoms with Crippen molar-refractivity contribution in [2.24, 2.45) is 11.8 Å². The van der Waals surface area contributed by atoms with E-state index >= 15 is 0 Å². The van der Waals surface area contributed by atoms with Crippen molar-refractivity contribution in [3.63, 3.8) is 0 Å². The lowest BCUT2D eigenvalue weighted by Crippen LogP contribution is -2.30. The molecule has 2 rings (SSSR count). The minimum atomic E-state index is -0.445. The van der Waals surface area contributed by atoms with Gasteiger partial charge in [-0.25, -0.2) is 5.84 Å². The molecular weight excluding hydrogens is 244 g/mol. The van der Waals surface area contributed by atoms with E-state index in [1.54, 1.807) is 0 Å². The van der Waals surface area contributed by atoms with Gasteiger partial charge >= 0.3 is 5.91 Å². The molecule has 3 N–H and O–H groups in total. The standard InChI is InChI=1S/C14H18N2O3/c1-9(2)7-18-8-11-10-5-3-4-6-12(10)19-13(11)14(17)16-15/h3-6,9H,7-8,15H2,1-2H3,(H,16,17). The van der Waals surface area contributed by atoms with Gasteiger partial charge in [0.2, 0.25) is 0 Å². The highest BCUT2D eigenvalue weighted by Crippen LogP contribution is 2.26. The monoisotopic (exact) mass is 262 g/mol. The van der Waals surface area contributed by atoms with Crippen molar-refractivity contribution in [1.82, 2.24) is 5.43 Å². The quantitative estimate of drug-likeness (QED) is 0.492. The fourth-order valence-electron chi connectivity index (χ4n) is 1.89. The normalized spacial score (nSPS) is 11.2. The second-order valence-electron chi connectivity index (χ2n) is 4.79. The maximum atomic E-state index is 11.7. The van der Waals surface area contributed by atoms with Crippen molar-refractivity contribution in [1.29, 1.82) is 0 Å². The number of nitrogens with one attached hydrogen (secondary N) is 1. The Bertz CT molecular complexity index is 575. The Morgan fingerprint density at radius 3 is 2.84 bits per heavy atom. The van der Waals surface area contributed by atoms with Gasteiger partial charge in [0.25, 0.3) is 0 Å². The van der Waals surface area contributed by atoms with Gasteiger partial charge < -0.3 is 9.15 Å². The predicted molar refractivity (Wildman–Crippen MR) is 72.4 cm³/mol. The lowest BCUT2D eigenvalue weighted by Gasteiger charge is -2.07. The molecular formula is C14H18N2O3. The topological polar surface area (TPSA) is 77.5 Å². The molecule has 0 saturated heterocycles. The van der Waals surface area contributed by atoms with Crippen LogP contribution in [-0.2, 0) is 11.3 Å². The Kier molecular flexibility index (Phi) is 4.19. The first kappa shape index (κ1) is 13.6. The van der Waals surface area contributed by atoms with E-state index in [1.165, 1.54) is 0 Å². The molecule has 1 aromatic heterocycles. The highest BCUT2D eigenvalue weighted by Gasteiger charge is 2.19. The number of furan rings is 1. The van der Waals surface area contributed by atoms with Crippen LogP contribution in [0.4, 0.5) is 0 Å². The number of amides is 1. The number of hydrogen-bond acceptors (Lipinski definition) is 4. The number of ether oxygens (including phenoxy) is 1. The molecule has 0 unspecified atom stereocenters. The summed E-state index contributed by atoms with van der Waals surface area (Å²) in [6.07, 6.45) is 0. The average molecular weight is 262 g/mol. The Morgan fingerprint density at radius 2 is 2.16 bits per heavy atom. The molecule has 0 aliphatic rings. The molecule has 0 spiro atoms. The number of nitrogen functional groups attached to an aromatic ring is 1. The minimum Gasteiger partial charge on any atom is -0.450 e. The lowest BCUT2D eigenvalue weighted by molar-refractivity contribution is 0.0879.